The standard InChI is InChI=1S/C18H24N6O.2C2HF3O2/c1-22(2)12-15-13-24(21-20-15)11-14-4-3-8-23(10-14)18-16-6-9-25-17(16)5-7-19-18;2*3-2(4,5)1(6)7/h5-7,9,13-14H,3-4,8,10-12H2,1-2H3;2*(H,6,7). The Hall–Kier alpha value is -3.89. The van der Waals surface area contributed by atoms with Crippen LogP contribution in [0.3, 0.4) is 0 Å². The largest absolute Gasteiger partial charge is 0.490 e. The maximum atomic E-state index is 10.6. The molecule has 1 atom stereocenters. The molecular weight excluding hydrogens is 542 g/mol. The van der Waals surface area contributed by atoms with Crippen molar-refractivity contribution >= 4 is 28.7 Å². The summed E-state index contributed by atoms with van der Waals surface area (Å²) in [6, 6.07) is 3.92. The molecular formula is C22H26F6N6O5. The van der Waals surface area contributed by atoms with Gasteiger partial charge in [0.25, 0.3) is 0 Å². The smallest absolute Gasteiger partial charge is 0.475 e. The van der Waals surface area contributed by atoms with E-state index in [2.05, 4.69) is 31.3 Å². The van der Waals surface area contributed by atoms with Crippen molar-refractivity contribution in [1.29, 1.82) is 0 Å². The Morgan fingerprint density at radius 1 is 1.10 bits per heavy atom. The molecule has 4 rings (SSSR count). The normalized spacial score (nSPS) is 15.8. The predicted molar refractivity (Wildman–Crippen MR) is 124 cm³/mol. The van der Waals surface area contributed by atoms with Crippen LogP contribution in [0.25, 0.3) is 11.0 Å². The lowest BCUT2D eigenvalue weighted by Crippen LogP contribution is -2.37. The van der Waals surface area contributed by atoms with Gasteiger partial charge in [-0.25, -0.2) is 14.6 Å². The molecule has 1 aliphatic rings. The van der Waals surface area contributed by atoms with E-state index in [1.165, 1.54) is 12.8 Å². The summed E-state index contributed by atoms with van der Waals surface area (Å²) in [6.45, 7) is 3.75. The van der Waals surface area contributed by atoms with E-state index in [9.17, 15) is 26.3 Å². The molecule has 11 nitrogen and oxygen atoms in total. The molecule has 3 aromatic rings. The van der Waals surface area contributed by atoms with Gasteiger partial charge in [-0.2, -0.15) is 26.3 Å². The second kappa shape index (κ2) is 13.3. The lowest BCUT2D eigenvalue weighted by atomic mass is 9.98. The molecule has 0 aliphatic carbocycles. The minimum absolute atomic E-state index is 0.548. The third kappa shape index (κ3) is 10.1. The number of halogens is 6. The highest BCUT2D eigenvalue weighted by atomic mass is 19.4. The molecule has 0 radical (unpaired) electrons. The van der Waals surface area contributed by atoms with E-state index in [0.29, 0.717) is 5.92 Å². The average molecular weight is 568 g/mol. The number of furan rings is 1. The number of carbonyl (C=O) groups is 2. The molecule has 4 heterocycles. The van der Waals surface area contributed by atoms with E-state index in [-0.39, 0.29) is 0 Å². The minimum Gasteiger partial charge on any atom is -0.475 e. The predicted octanol–water partition coefficient (Wildman–Crippen LogP) is 3.66. The number of hydrogen-bond donors (Lipinski definition) is 2. The van der Waals surface area contributed by atoms with Gasteiger partial charge in [0.2, 0.25) is 0 Å². The Morgan fingerprint density at radius 3 is 2.28 bits per heavy atom. The first-order valence-corrected chi connectivity index (χ1v) is 11.3. The van der Waals surface area contributed by atoms with Gasteiger partial charge in [0.15, 0.2) is 0 Å². The van der Waals surface area contributed by atoms with Crippen molar-refractivity contribution in [2.45, 2.75) is 38.3 Å². The van der Waals surface area contributed by atoms with Crippen LogP contribution in [0, 0.1) is 5.92 Å². The van der Waals surface area contributed by atoms with Crippen LogP contribution in [-0.2, 0) is 22.7 Å². The van der Waals surface area contributed by atoms with Gasteiger partial charge >= 0.3 is 24.3 Å². The number of anilines is 1. The summed E-state index contributed by atoms with van der Waals surface area (Å²) >= 11 is 0. The van der Waals surface area contributed by atoms with E-state index in [0.717, 1.165) is 48.7 Å². The van der Waals surface area contributed by atoms with E-state index >= 15 is 0 Å². The first-order chi connectivity index (χ1) is 18.1. The van der Waals surface area contributed by atoms with E-state index < -0.39 is 24.3 Å². The van der Waals surface area contributed by atoms with Crippen molar-refractivity contribution in [3.8, 4) is 0 Å². The second-order valence-electron chi connectivity index (χ2n) is 8.70. The van der Waals surface area contributed by atoms with E-state index in [1.54, 1.807) is 6.26 Å². The topological polar surface area (TPSA) is 138 Å². The number of carboxylic acids is 2. The highest BCUT2D eigenvalue weighted by molar-refractivity contribution is 5.88. The molecule has 0 amide bonds. The van der Waals surface area contributed by atoms with Crippen molar-refractivity contribution in [3.05, 3.63) is 36.5 Å². The van der Waals surface area contributed by atoms with Crippen molar-refractivity contribution < 1.29 is 50.6 Å². The van der Waals surface area contributed by atoms with Crippen molar-refractivity contribution in [2.75, 3.05) is 32.1 Å². The fourth-order valence-electron chi connectivity index (χ4n) is 3.63. The van der Waals surface area contributed by atoms with Gasteiger partial charge in [-0.1, -0.05) is 5.21 Å². The highest BCUT2D eigenvalue weighted by Gasteiger charge is 2.38. The summed E-state index contributed by atoms with van der Waals surface area (Å²) < 4.78 is 71.0. The van der Waals surface area contributed by atoms with Crippen molar-refractivity contribution in [3.63, 3.8) is 0 Å². The molecule has 39 heavy (non-hydrogen) atoms. The maximum Gasteiger partial charge on any atom is 0.490 e. The minimum atomic E-state index is -5.08. The number of piperidine rings is 1. The summed E-state index contributed by atoms with van der Waals surface area (Å²) in [6.07, 6.45) is -2.16. The Balaban J connectivity index is 0.000000317. The summed E-state index contributed by atoms with van der Waals surface area (Å²) in [7, 11) is 4.09. The number of pyridine rings is 1. The van der Waals surface area contributed by atoms with Crippen LogP contribution in [0.4, 0.5) is 32.2 Å². The lowest BCUT2D eigenvalue weighted by Gasteiger charge is -2.33. The van der Waals surface area contributed by atoms with Gasteiger partial charge in [-0.05, 0) is 45.0 Å². The molecule has 216 valence electrons. The highest BCUT2D eigenvalue weighted by Crippen LogP contribution is 2.29. The molecule has 0 bridgehead atoms. The quantitative estimate of drug-likeness (QED) is 0.439. The number of hydrogen-bond acceptors (Lipinski definition) is 8. The summed E-state index contributed by atoms with van der Waals surface area (Å²) in [4.78, 5) is 26.9. The average Bonchev–Trinajstić information content (AvgIpc) is 3.47. The van der Waals surface area contributed by atoms with Gasteiger partial charge in [0.1, 0.15) is 11.4 Å². The summed E-state index contributed by atoms with van der Waals surface area (Å²) in [5.74, 6) is -3.94. The molecule has 0 aromatic carbocycles. The third-order valence-corrected chi connectivity index (χ3v) is 5.17. The Bertz CT molecular complexity index is 1200. The van der Waals surface area contributed by atoms with Crippen LogP contribution in [0.15, 0.2) is 35.2 Å². The molecule has 1 fully saturated rings. The van der Waals surface area contributed by atoms with Crippen molar-refractivity contribution in [2.24, 2.45) is 5.92 Å². The van der Waals surface area contributed by atoms with Gasteiger partial charge in [0, 0.05) is 38.6 Å². The van der Waals surface area contributed by atoms with E-state index in [1.807, 2.05) is 37.1 Å². The van der Waals surface area contributed by atoms with Gasteiger partial charge in [-0.15, -0.1) is 5.10 Å². The number of fused-ring (bicyclic) bond motifs is 1. The number of aromatic nitrogens is 4. The second-order valence-corrected chi connectivity index (χ2v) is 8.70. The maximum absolute atomic E-state index is 10.6. The van der Waals surface area contributed by atoms with Crippen LogP contribution in [0.1, 0.15) is 18.5 Å². The number of nitrogens with zero attached hydrogens (tertiary/aromatic N) is 6. The fourth-order valence-corrected chi connectivity index (χ4v) is 3.63. The number of aliphatic carboxylic acids is 2. The number of carboxylic acid groups (broad SMARTS) is 2. The molecule has 17 heteroatoms. The first-order valence-electron chi connectivity index (χ1n) is 11.3. The Kier molecular flexibility index (Phi) is 10.6. The summed E-state index contributed by atoms with van der Waals surface area (Å²) in [5, 5.41) is 23.9. The van der Waals surface area contributed by atoms with Crippen LogP contribution in [-0.4, -0.2) is 86.6 Å². The van der Waals surface area contributed by atoms with Crippen LogP contribution < -0.4 is 4.90 Å². The van der Waals surface area contributed by atoms with Crippen molar-refractivity contribution in [1.82, 2.24) is 24.9 Å². The third-order valence-electron chi connectivity index (χ3n) is 5.17. The molecule has 1 saturated heterocycles. The molecule has 0 saturated carbocycles. The molecule has 0 spiro atoms. The van der Waals surface area contributed by atoms with Gasteiger partial charge in [0.05, 0.1) is 17.3 Å². The Morgan fingerprint density at radius 2 is 1.72 bits per heavy atom. The molecule has 3 aromatic heterocycles. The molecule has 1 unspecified atom stereocenters. The van der Waals surface area contributed by atoms with Crippen LogP contribution in [0.5, 0.6) is 0 Å². The lowest BCUT2D eigenvalue weighted by molar-refractivity contribution is -0.193. The zero-order valence-electron chi connectivity index (χ0n) is 20.8. The summed E-state index contributed by atoms with van der Waals surface area (Å²) in [5.41, 5.74) is 1.92. The zero-order valence-corrected chi connectivity index (χ0v) is 20.8. The monoisotopic (exact) mass is 568 g/mol. The molecule has 2 N–H and O–H groups in total. The molecule has 1 aliphatic heterocycles. The number of rotatable bonds is 5. The fraction of sp³-hybridized carbons (Fsp3) is 0.500. The first kappa shape index (κ1) is 31.3. The van der Waals surface area contributed by atoms with Crippen LogP contribution >= 0.6 is 0 Å². The van der Waals surface area contributed by atoms with E-state index in [4.69, 9.17) is 24.2 Å². The van der Waals surface area contributed by atoms with Crippen LogP contribution in [0.2, 0.25) is 0 Å². The Labute approximate surface area is 217 Å². The van der Waals surface area contributed by atoms with Gasteiger partial charge < -0.3 is 24.4 Å². The zero-order chi connectivity index (χ0) is 29.4. The van der Waals surface area contributed by atoms with Gasteiger partial charge in [-0.3, -0.25) is 4.68 Å². The number of alkyl halides is 6. The SMILES string of the molecule is CN(C)Cc1cn(CC2CCCN(c3nccc4occc34)C2)nn1.O=C(O)C(F)(F)F.O=C(O)C(F)(F)F.